The van der Waals surface area contributed by atoms with Crippen LogP contribution in [0.1, 0.15) is 30.3 Å². The summed E-state index contributed by atoms with van der Waals surface area (Å²) in [6.07, 6.45) is 1.79. The fourth-order valence-electron chi connectivity index (χ4n) is 1.78. The maximum Gasteiger partial charge on any atom is 0.134 e. The number of nitrogens with zero attached hydrogens (tertiary/aromatic N) is 3. The molecule has 20 heavy (non-hydrogen) atoms. The van der Waals surface area contributed by atoms with E-state index in [0.717, 1.165) is 30.0 Å². The second-order valence-electron chi connectivity index (χ2n) is 4.40. The molecule has 5 heteroatoms. The highest BCUT2D eigenvalue weighted by Gasteiger charge is 2.03. The average molecular weight is 287 g/mol. The molecule has 2 rings (SSSR count). The third kappa shape index (κ3) is 3.94. The number of nitrogens with one attached hydrogen (secondary N) is 1. The fraction of sp³-hybridized carbons (Fsp3) is 0.267. The predicted octanol–water partition coefficient (Wildman–Crippen LogP) is 3.57. The van der Waals surface area contributed by atoms with Crippen LogP contribution < -0.4 is 5.32 Å². The van der Waals surface area contributed by atoms with E-state index in [9.17, 15) is 0 Å². The van der Waals surface area contributed by atoms with E-state index in [1.165, 1.54) is 0 Å². The van der Waals surface area contributed by atoms with Gasteiger partial charge in [-0.2, -0.15) is 5.26 Å². The normalized spacial score (nSPS) is 10.1. The van der Waals surface area contributed by atoms with Crippen molar-refractivity contribution in [3.05, 3.63) is 52.4 Å². The average Bonchev–Trinajstić information content (AvgIpc) is 2.45. The van der Waals surface area contributed by atoms with E-state index in [2.05, 4.69) is 28.3 Å². The van der Waals surface area contributed by atoms with Gasteiger partial charge in [-0.1, -0.05) is 30.7 Å². The number of aromatic nitrogens is 2. The Kier molecular flexibility index (Phi) is 4.91. The lowest BCUT2D eigenvalue weighted by Crippen LogP contribution is -2.04. The Morgan fingerprint density at radius 3 is 2.65 bits per heavy atom. The number of hydrogen-bond acceptors (Lipinski definition) is 4. The number of halogens is 1. The smallest absolute Gasteiger partial charge is 0.134 e. The lowest BCUT2D eigenvalue weighted by Gasteiger charge is -2.08. The molecule has 1 heterocycles. The van der Waals surface area contributed by atoms with Gasteiger partial charge in [-0.15, -0.1) is 0 Å². The molecule has 4 nitrogen and oxygen atoms in total. The monoisotopic (exact) mass is 286 g/mol. The summed E-state index contributed by atoms with van der Waals surface area (Å²) in [7, 11) is 0. The minimum Gasteiger partial charge on any atom is -0.366 e. The Balaban J connectivity index is 2.04. The Morgan fingerprint density at radius 1 is 1.25 bits per heavy atom. The molecule has 0 spiro atoms. The van der Waals surface area contributed by atoms with Gasteiger partial charge < -0.3 is 5.32 Å². The Labute approximate surface area is 123 Å². The van der Waals surface area contributed by atoms with Gasteiger partial charge in [0.15, 0.2) is 0 Å². The molecule has 0 atom stereocenters. The fourth-order valence-corrected chi connectivity index (χ4v) is 1.98. The van der Waals surface area contributed by atoms with Crippen LogP contribution in [0.3, 0.4) is 0 Å². The SMILES string of the molecule is CCCc1nc(Cl)cc(NCc2ccc(C#N)cc2)n1. The van der Waals surface area contributed by atoms with Crippen molar-refractivity contribution in [1.82, 2.24) is 9.97 Å². The van der Waals surface area contributed by atoms with Crippen LogP contribution in [0.15, 0.2) is 30.3 Å². The lowest BCUT2D eigenvalue weighted by atomic mass is 10.1. The van der Waals surface area contributed by atoms with Gasteiger partial charge in [-0.3, -0.25) is 0 Å². The first-order valence-electron chi connectivity index (χ1n) is 6.47. The summed E-state index contributed by atoms with van der Waals surface area (Å²) in [6.45, 7) is 2.71. The predicted molar refractivity (Wildman–Crippen MR) is 79.5 cm³/mol. The van der Waals surface area contributed by atoms with E-state index in [4.69, 9.17) is 16.9 Å². The first-order chi connectivity index (χ1) is 9.71. The number of anilines is 1. The van der Waals surface area contributed by atoms with Crippen LogP contribution in [0.5, 0.6) is 0 Å². The van der Waals surface area contributed by atoms with Gasteiger partial charge in [0.25, 0.3) is 0 Å². The van der Waals surface area contributed by atoms with Gasteiger partial charge in [-0.05, 0) is 24.1 Å². The summed E-state index contributed by atoms with van der Waals surface area (Å²) in [5, 5.41) is 12.4. The number of hydrogen-bond donors (Lipinski definition) is 1. The molecule has 1 aromatic heterocycles. The molecule has 0 unspecified atom stereocenters. The minimum absolute atomic E-state index is 0.450. The van der Waals surface area contributed by atoms with Crippen molar-refractivity contribution in [2.24, 2.45) is 0 Å². The number of nitriles is 1. The van der Waals surface area contributed by atoms with Gasteiger partial charge in [0.2, 0.25) is 0 Å². The van der Waals surface area contributed by atoms with E-state index in [0.29, 0.717) is 17.3 Å². The zero-order valence-corrected chi connectivity index (χ0v) is 12.0. The molecule has 0 amide bonds. The van der Waals surface area contributed by atoms with Crippen molar-refractivity contribution >= 4 is 17.4 Å². The van der Waals surface area contributed by atoms with Crippen LogP contribution in [0, 0.1) is 11.3 Å². The number of benzene rings is 1. The number of aryl methyl sites for hydroxylation is 1. The van der Waals surface area contributed by atoms with Gasteiger partial charge in [0.1, 0.15) is 16.8 Å². The highest BCUT2D eigenvalue weighted by molar-refractivity contribution is 6.29. The highest BCUT2D eigenvalue weighted by atomic mass is 35.5. The Morgan fingerprint density at radius 2 is 2.00 bits per heavy atom. The molecule has 0 aliphatic heterocycles. The minimum atomic E-state index is 0.450. The van der Waals surface area contributed by atoms with Crippen LogP contribution in [0.25, 0.3) is 0 Å². The molecule has 0 saturated heterocycles. The third-order valence-electron chi connectivity index (χ3n) is 2.77. The second-order valence-corrected chi connectivity index (χ2v) is 4.79. The van der Waals surface area contributed by atoms with Crippen molar-refractivity contribution < 1.29 is 0 Å². The molecule has 1 aromatic carbocycles. The zero-order valence-electron chi connectivity index (χ0n) is 11.2. The molecular weight excluding hydrogens is 272 g/mol. The highest BCUT2D eigenvalue weighted by Crippen LogP contribution is 2.14. The molecule has 0 aliphatic rings. The van der Waals surface area contributed by atoms with E-state index >= 15 is 0 Å². The summed E-state index contributed by atoms with van der Waals surface area (Å²) in [5.74, 6) is 1.47. The van der Waals surface area contributed by atoms with Crippen LogP contribution >= 0.6 is 11.6 Å². The third-order valence-corrected chi connectivity index (χ3v) is 2.97. The van der Waals surface area contributed by atoms with E-state index in [-0.39, 0.29) is 0 Å². The van der Waals surface area contributed by atoms with Crippen LogP contribution in [0.2, 0.25) is 5.15 Å². The van der Waals surface area contributed by atoms with Crippen molar-refractivity contribution in [3.8, 4) is 6.07 Å². The van der Waals surface area contributed by atoms with Gasteiger partial charge in [-0.25, -0.2) is 9.97 Å². The number of rotatable bonds is 5. The zero-order chi connectivity index (χ0) is 14.4. The summed E-state index contributed by atoms with van der Waals surface area (Å²) in [6, 6.07) is 11.2. The Bertz CT molecular complexity index is 617. The first kappa shape index (κ1) is 14.3. The van der Waals surface area contributed by atoms with Crippen molar-refractivity contribution in [2.45, 2.75) is 26.3 Å². The maximum absolute atomic E-state index is 8.75. The molecular formula is C15H15ClN4. The Hall–Kier alpha value is -2.12. The molecule has 2 aromatic rings. The molecule has 0 aliphatic carbocycles. The largest absolute Gasteiger partial charge is 0.366 e. The van der Waals surface area contributed by atoms with Crippen molar-refractivity contribution in [1.29, 1.82) is 5.26 Å². The molecule has 0 radical (unpaired) electrons. The molecule has 102 valence electrons. The quantitative estimate of drug-likeness (QED) is 0.854. The van der Waals surface area contributed by atoms with E-state index in [1.807, 2.05) is 12.1 Å². The molecule has 0 fully saturated rings. The summed E-state index contributed by atoms with van der Waals surface area (Å²) < 4.78 is 0. The molecule has 0 saturated carbocycles. The summed E-state index contributed by atoms with van der Waals surface area (Å²) >= 11 is 5.98. The van der Waals surface area contributed by atoms with Crippen LogP contribution in [0.4, 0.5) is 5.82 Å². The molecule has 1 N–H and O–H groups in total. The van der Waals surface area contributed by atoms with Crippen molar-refractivity contribution in [2.75, 3.05) is 5.32 Å². The van der Waals surface area contributed by atoms with Crippen molar-refractivity contribution in [3.63, 3.8) is 0 Å². The van der Waals surface area contributed by atoms with E-state index in [1.54, 1.807) is 18.2 Å². The lowest BCUT2D eigenvalue weighted by molar-refractivity contribution is 0.834. The first-order valence-corrected chi connectivity index (χ1v) is 6.85. The topological polar surface area (TPSA) is 61.6 Å². The maximum atomic E-state index is 8.75. The summed E-state index contributed by atoms with van der Waals surface area (Å²) in [4.78, 5) is 8.59. The second kappa shape index (κ2) is 6.88. The van der Waals surface area contributed by atoms with Gasteiger partial charge in [0, 0.05) is 19.0 Å². The van der Waals surface area contributed by atoms with Crippen LogP contribution in [-0.2, 0) is 13.0 Å². The van der Waals surface area contributed by atoms with Crippen LogP contribution in [-0.4, -0.2) is 9.97 Å². The standard InChI is InChI=1S/C15H15ClN4/c1-2-3-14-19-13(16)8-15(20-14)18-10-12-6-4-11(9-17)5-7-12/h4-8H,2-3,10H2,1H3,(H,18,19,20). The van der Waals surface area contributed by atoms with Gasteiger partial charge in [0.05, 0.1) is 11.6 Å². The van der Waals surface area contributed by atoms with E-state index < -0.39 is 0 Å². The molecule has 0 bridgehead atoms. The summed E-state index contributed by atoms with van der Waals surface area (Å²) in [5.41, 5.74) is 1.74. The van der Waals surface area contributed by atoms with Gasteiger partial charge >= 0.3 is 0 Å².